The molecule has 1 heterocycles. The molecule has 0 spiro atoms. The molecule has 0 bridgehead atoms. The maximum absolute atomic E-state index is 11.5. The number of thiazole rings is 1. The molecule has 0 N–H and O–H groups in total. The normalized spacial score (nSPS) is 15.5. The molecule has 0 aliphatic heterocycles. The van der Waals surface area contributed by atoms with Gasteiger partial charge in [-0.2, -0.15) is 0 Å². The Bertz CT molecular complexity index is 311. The molecule has 0 aromatic carbocycles. The second-order valence-corrected chi connectivity index (χ2v) is 4.56. The number of alkyl halides is 1. The number of halogens is 1. The van der Waals surface area contributed by atoms with Crippen molar-refractivity contribution in [2.24, 2.45) is 0 Å². The van der Waals surface area contributed by atoms with E-state index in [-0.39, 0.29) is 11.8 Å². The van der Waals surface area contributed by atoms with Crippen LogP contribution >= 0.6 is 22.9 Å². The Morgan fingerprint density at radius 1 is 1.71 bits per heavy atom. The molecule has 0 saturated heterocycles. The third kappa shape index (κ3) is 2.25. The van der Waals surface area contributed by atoms with Gasteiger partial charge in [0.05, 0.1) is 6.54 Å². The molecular weight excluding hydrogens is 220 g/mol. The molecule has 1 amide bonds. The quantitative estimate of drug-likeness (QED) is 0.740. The molecule has 1 aliphatic carbocycles. The number of rotatable bonds is 4. The number of nitrogens with zero attached hydrogens (tertiary/aromatic N) is 2. The molecule has 1 fully saturated rings. The van der Waals surface area contributed by atoms with Gasteiger partial charge in [-0.1, -0.05) is 0 Å². The van der Waals surface area contributed by atoms with Crippen molar-refractivity contribution < 1.29 is 4.79 Å². The first-order valence-electron chi connectivity index (χ1n) is 4.55. The van der Waals surface area contributed by atoms with Crippen LogP contribution in [-0.2, 0) is 11.3 Å². The minimum absolute atomic E-state index is 0.0179. The summed E-state index contributed by atoms with van der Waals surface area (Å²) >= 11 is 7.13. The van der Waals surface area contributed by atoms with Gasteiger partial charge in [0.25, 0.3) is 0 Å². The van der Waals surface area contributed by atoms with E-state index >= 15 is 0 Å². The molecule has 14 heavy (non-hydrogen) atoms. The third-order valence-corrected chi connectivity index (χ3v) is 3.20. The largest absolute Gasteiger partial charge is 0.332 e. The van der Waals surface area contributed by atoms with Crippen molar-refractivity contribution in [3.05, 3.63) is 16.6 Å². The van der Waals surface area contributed by atoms with Crippen molar-refractivity contribution in [3.8, 4) is 0 Å². The average Bonchev–Trinajstić information content (AvgIpc) is 2.92. The summed E-state index contributed by atoms with van der Waals surface area (Å²) in [5.74, 6) is 0.0892. The van der Waals surface area contributed by atoms with Crippen LogP contribution in [0, 0.1) is 0 Å². The van der Waals surface area contributed by atoms with Crippen LogP contribution in [0.4, 0.5) is 0 Å². The van der Waals surface area contributed by atoms with Crippen molar-refractivity contribution >= 4 is 28.8 Å². The number of hydrogen-bond acceptors (Lipinski definition) is 3. The minimum Gasteiger partial charge on any atom is -0.332 e. The van der Waals surface area contributed by atoms with Crippen LogP contribution in [0.2, 0.25) is 0 Å². The summed E-state index contributed by atoms with van der Waals surface area (Å²) in [6, 6.07) is 0.408. The van der Waals surface area contributed by atoms with Gasteiger partial charge in [-0.25, -0.2) is 4.98 Å². The minimum atomic E-state index is 0.0179. The van der Waals surface area contributed by atoms with E-state index in [9.17, 15) is 4.79 Å². The van der Waals surface area contributed by atoms with Crippen LogP contribution in [0.5, 0.6) is 0 Å². The van der Waals surface area contributed by atoms with Gasteiger partial charge < -0.3 is 4.90 Å². The summed E-state index contributed by atoms with van der Waals surface area (Å²) in [4.78, 5) is 17.5. The summed E-state index contributed by atoms with van der Waals surface area (Å²) in [6.07, 6.45) is 3.97. The molecule has 76 valence electrons. The lowest BCUT2D eigenvalue weighted by molar-refractivity contribution is -0.129. The second kappa shape index (κ2) is 4.28. The van der Waals surface area contributed by atoms with Gasteiger partial charge in [0.1, 0.15) is 10.9 Å². The molecule has 1 aromatic heterocycles. The van der Waals surface area contributed by atoms with Crippen LogP contribution in [0.25, 0.3) is 0 Å². The van der Waals surface area contributed by atoms with E-state index in [1.54, 1.807) is 17.5 Å². The van der Waals surface area contributed by atoms with Crippen molar-refractivity contribution in [3.63, 3.8) is 0 Å². The maximum atomic E-state index is 11.5. The Balaban J connectivity index is 2.00. The van der Waals surface area contributed by atoms with Crippen molar-refractivity contribution in [2.45, 2.75) is 25.4 Å². The van der Waals surface area contributed by atoms with E-state index in [4.69, 9.17) is 11.6 Å². The molecule has 2 rings (SSSR count). The van der Waals surface area contributed by atoms with E-state index in [0.29, 0.717) is 12.6 Å². The van der Waals surface area contributed by atoms with Crippen LogP contribution in [0.1, 0.15) is 17.8 Å². The summed E-state index contributed by atoms with van der Waals surface area (Å²) < 4.78 is 0. The van der Waals surface area contributed by atoms with Crippen LogP contribution in [0.15, 0.2) is 11.6 Å². The lowest BCUT2D eigenvalue weighted by Gasteiger charge is -2.19. The predicted molar refractivity (Wildman–Crippen MR) is 56.4 cm³/mol. The number of carbonyl (C=O) groups excluding carboxylic acids is 1. The fourth-order valence-corrected chi connectivity index (χ4v) is 2.13. The zero-order valence-corrected chi connectivity index (χ0v) is 9.22. The first-order chi connectivity index (χ1) is 6.81. The Labute approximate surface area is 91.7 Å². The molecule has 0 unspecified atom stereocenters. The Morgan fingerprint density at radius 3 is 3.00 bits per heavy atom. The number of amides is 1. The zero-order valence-electron chi connectivity index (χ0n) is 7.65. The van der Waals surface area contributed by atoms with Gasteiger partial charge in [-0.3, -0.25) is 4.79 Å². The standard InChI is InChI=1S/C9H11ClN2OS/c10-5-9(13)12(7-1-2-7)6-8-11-3-4-14-8/h3-4,7H,1-2,5-6H2. The number of carbonyl (C=O) groups is 1. The fourth-order valence-electron chi connectivity index (χ4n) is 1.36. The molecule has 5 heteroatoms. The lowest BCUT2D eigenvalue weighted by Crippen LogP contribution is -2.33. The van der Waals surface area contributed by atoms with E-state index in [2.05, 4.69) is 4.98 Å². The van der Waals surface area contributed by atoms with E-state index in [0.717, 1.165) is 17.8 Å². The highest BCUT2D eigenvalue weighted by Crippen LogP contribution is 2.28. The van der Waals surface area contributed by atoms with Crippen molar-refractivity contribution in [1.29, 1.82) is 0 Å². The summed E-state index contributed by atoms with van der Waals surface area (Å²) in [6.45, 7) is 0.619. The summed E-state index contributed by atoms with van der Waals surface area (Å²) in [5.41, 5.74) is 0. The Kier molecular flexibility index (Phi) is 3.03. The summed E-state index contributed by atoms with van der Waals surface area (Å²) in [7, 11) is 0. The highest BCUT2D eigenvalue weighted by molar-refractivity contribution is 7.09. The Morgan fingerprint density at radius 2 is 2.50 bits per heavy atom. The van der Waals surface area contributed by atoms with Crippen LogP contribution in [-0.4, -0.2) is 27.7 Å². The van der Waals surface area contributed by atoms with Gasteiger partial charge in [0, 0.05) is 17.6 Å². The van der Waals surface area contributed by atoms with E-state index < -0.39 is 0 Å². The second-order valence-electron chi connectivity index (χ2n) is 3.31. The van der Waals surface area contributed by atoms with E-state index in [1.807, 2.05) is 10.3 Å². The lowest BCUT2D eigenvalue weighted by atomic mass is 10.4. The average molecular weight is 231 g/mol. The van der Waals surface area contributed by atoms with Gasteiger partial charge in [0.2, 0.25) is 5.91 Å². The number of hydrogen-bond donors (Lipinski definition) is 0. The molecular formula is C9H11ClN2OS. The van der Waals surface area contributed by atoms with E-state index in [1.165, 1.54) is 0 Å². The Hall–Kier alpha value is -0.610. The van der Waals surface area contributed by atoms with Gasteiger partial charge >= 0.3 is 0 Å². The predicted octanol–water partition coefficient (Wildman–Crippen LogP) is 1.87. The van der Waals surface area contributed by atoms with Gasteiger partial charge in [-0.15, -0.1) is 22.9 Å². The zero-order chi connectivity index (χ0) is 9.97. The van der Waals surface area contributed by atoms with Crippen LogP contribution < -0.4 is 0 Å². The SMILES string of the molecule is O=C(CCl)N(Cc1nccs1)C1CC1. The summed E-state index contributed by atoms with van der Waals surface area (Å²) in [5, 5.41) is 2.90. The molecule has 1 saturated carbocycles. The molecule has 3 nitrogen and oxygen atoms in total. The smallest absolute Gasteiger partial charge is 0.238 e. The fraction of sp³-hybridized carbons (Fsp3) is 0.556. The first kappa shape index (κ1) is 9.93. The third-order valence-electron chi connectivity index (χ3n) is 2.21. The van der Waals surface area contributed by atoms with Crippen molar-refractivity contribution in [2.75, 3.05) is 5.88 Å². The molecule has 1 aliphatic rings. The highest BCUT2D eigenvalue weighted by Gasteiger charge is 2.32. The van der Waals surface area contributed by atoms with Crippen LogP contribution in [0.3, 0.4) is 0 Å². The molecule has 0 atom stereocenters. The monoisotopic (exact) mass is 230 g/mol. The van der Waals surface area contributed by atoms with Gasteiger partial charge in [0.15, 0.2) is 0 Å². The van der Waals surface area contributed by atoms with Crippen molar-refractivity contribution in [1.82, 2.24) is 9.88 Å². The topological polar surface area (TPSA) is 33.2 Å². The first-order valence-corrected chi connectivity index (χ1v) is 5.96. The number of aromatic nitrogens is 1. The molecule has 1 aromatic rings. The van der Waals surface area contributed by atoms with Gasteiger partial charge in [-0.05, 0) is 12.8 Å². The highest BCUT2D eigenvalue weighted by atomic mass is 35.5. The maximum Gasteiger partial charge on any atom is 0.238 e. The molecule has 0 radical (unpaired) electrons.